The Balaban J connectivity index is 1.60. The summed E-state index contributed by atoms with van der Waals surface area (Å²) in [7, 11) is -3.04. The molecule has 0 bridgehead atoms. The van der Waals surface area contributed by atoms with E-state index in [1.165, 1.54) is 17.8 Å². The van der Waals surface area contributed by atoms with E-state index in [0.717, 1.165) is 17.8 Å². The largest absolute Gasteiger partial charge is 0.214 e. The SMILES string of the molecule is CCCS(=O)(=O)N1CCC(c2nnc(C3CC3)s2)CC1. The van der Waals surface area contributed by atoms with Crippen LogP contribution in [-0.2, 0) is 10.0 Å². The molecule has 1 saturated carbocycles. The number of hydrogen-bond acceptors (Lipinski definition) is 5. The number of piperidine rings is 1. The summed E-state index contributed by atoms with van der Waals surface area (Å²) in [6.45, 7) is 3.17. The average molecular weight is 315 g/mol. The van der Waals surface area contributed by atoms with Crippen LogP contribution in [0.1, 0.15) is 60.9 Å². The molecule has 0 unspecified atom stereocenters. The van der Waals surface area contributed by atoms with Crippen molar-refractivity contribution >= 4 is 21.4 Å². The van der Waals surface area contributed by atoms with Crippen molar-refractivity contribution in [3.05, 3.63) is 10.0 Å². The van der Waals surface area contributed by atoms with Crippen LogP contribution in [0.15, 0.2) is 0 Å². The molecule has 5 nitrogen and oxygen atoms in total. The summed E-state index contributed by atoms with van der Waals surface area (Å²) in [4.78, 5) is 0. The van der Waals surface area contributed by atoms with Gasteiger partial charge in [0, 0.05) is 24.9 Å². The predicted molar refractivity (Wildman–Crippen MR) is 79.5 cm³/mol. The molecule has 0 atom stereocenters. The summed E-state index contributed by atoms with van der Waals surface area (Å²) in [5.41, 5.74) is 0. The first-order chi connectivity index (χ1) is 9.60. The minimum Gasteiger partial charge on any atom is -0.212 e. The third kappa shape index (κ3) is 3.04. The summed E-state index contributed by atoms with van der Waals surface area (Å²) >= 11 is 1.74. The minimum absolute atomic E-state index is 0.266. The number of rotatable bonds is 5. The Morgan fingerprint density at radius 2 is 1.65 bits per heavy atom. The van der Waals surface area contributed by atoms with Crippen molar-refractivity contribution in [1.29, 1.82) is 0 Å². The zero-order chi connectivity index (χ0) is 14.2. The van der Waals surface area contributed by atoms with Crippen molar-refractivity contribution < 1.29 is 8.42 Å². The summed E-state index contributed by atoms with van der Waals surface area (Å²) < 4.78 is 25.7. The molecule has 0 aromatic carbocycles. The van der Waals surface area contributed by atoms with E-state index in [4.69, 9.17) is 0 Å². The first-order valence-corrected chi connectivity index (χ1v) is 9.84. The van der Waals surface area contributed by atoms with Crippen LogP contribution < -0.4 is 0 Å². The van der Waals surface area contributed by atoms with Gasteiger partial charge in [-0.3, -0.25) is 0 Å². The lowest BCUT2D eigenvalue weighted by Crippen LogP contribution is -2.39. The molecule has 1 saturated heterocycles. The van der Waals surface area contributed by atoms with Gasteiger partial charge in [0.05, 0.1) is 5.75 Å². The van der Waals surface area contributed by atoms with E-state index in [2.05, 4.69) is 10.2 Å². The lowest BCUT2D eigenvalue weighted by molar-refractivity contribution is 0.318. The molecule has 2 aliphatic rings. The van der Waals surface area contributed by atoms with Crippen molar-refractivity contribution in [1.82, 2.24) is 14.5 Å². The molecule has 1 aliphatic carbocycles. The number of aromatic nitrogens is 2. The van der Waals surface area contributed by atoms with E-state index in [1.807, 2.05) is 6.92 Å². The highest BCUT2D eigenvalue weighted by atomic mass is 32.2. The van der Waals surface area contributed by atoms with Crippen LogP contribution in [-0.4, -0.2) is 41.8 Å². The summed E-state index contributed by atoms with van der Waals surface area (Å²) in [6.07, 6.45) is 4.94. The van der Waals surface area contributed by atoms with Gasteiger partial charge in [0.1, 0.15) is 10.0 Å². The molecular weight excluding hydrogens is 294 g/mol. The lowest BCUT2D eigenvalue weighted by Gasteiger charge is -2.29. The van der Waals surface area contributed by atoms with Gasteiger partial charge < -0.3 is 0 Å². The van der Waals surface area contributed by atoms with Gasteiger partial charge in [0.2, 0.25) is 10.0 Å². The molecule has 2 heterocycles. The van der Waals surface area contributed by atoms with Crippen molar-refractivity contribution in [2.24, 2.45) is 0 Å². The highest BCUT2D eigenvalue weighted by Gasteiger charge is 2.32. The fourth-order valence-corrected chi connectivity index (χ4v) is 5.40. The first-order valence-electron chi connectivity index (χ1n) is 7.41. The maximum atomic E-state index is 12.0. The standard InChI is InChI=1S/C13H21N3O2S2/c1-2-9-20(17,18)16-7-5-11(6-8-16)13-15-14-12(19-13)10-3-4-10/h10-11H,2-9H2,1H3. The highest BCUT2D eigenvalue weighted by Crippen LogP contribution is 2.43. The third-order valence-electron chi connectivity index (χ3n) is 4.04. The van der Waals surface area contributed by atoms with Gasteiger partial charge in [-0.2, -0.15) is 0 Å². The molecule has 0 spiro atoms. The molecular formula is C13H21N3O2S2. The molecule has 1 aromatic heterocycles. The number of sulfonamides is 1. The second-order valence-corrected chi connectivity index (χ2v) is 8.87. The van der Waals surface area contributed by atoms with Crippen LogP contribution in [0.4, 0.5) is 0 Å². The second kappa shape index (κ2) is 5.69. The highest BCUT2D eigenvalue weighted by molar-refractivity contribution is 7.89. The van der Waals surface area contributed by atoms with E-state index in [0.29, 0.717) is 31.3 Å². The van der Waals surface area contributed by atoms with E-state index < -0.39 is 10.0 Å². The van der Waals surface area contributed by atoms with Crippen LogP contribution >= 0.6 is 11.3 Å². The van der Waals surface area contributed by atoms with Gasteiger partial charge >= 0.3 is 0 Å². The molecule has 112 valence electrons. The van der Waals surface area contributed by atoms with E-state index >= 15 is 0 Å². The zero-order valence-corrected chi connectivity index (χ0v) is 13.4. The quantitative estimate of drug-likeness (QED) is 0.836. The average Bonchev–Trinajstić information content (AvgIpc) is 3.17. The van der Waals surface area contributed by atoms with E-state index in [1.54, 1.807) is 15.6 Å². The predicted octanol–water partition coefficient (Wildman–Crippen LogP) is 2.33. The maximum Gasteiger partial charge on any atom is 0.214 e. The smallest absolute Gasteiger partial charge is 0.212 e. The summed E-state index contributed by atoms with van der Waals surface area (Å²) in [5, 5.41) is 10.9. The molecule has 2 fully saturated rings. The van der Waals surface area contributed by atoms with Gasteiger partial charge in [0.15, 0.2) is 0 Å². The molecule has 3 rings (SSSR count). The first kappa shape index (κ1) is 14.4. The van der Waals surface area contributed by atoms with Crippen molar-refractivity contribution in [3.8, 4) is 0 Å². The van der Waals surface area contributed by atoms with Crippen molar-refractivity contribution in [2.75, 3.05) is 18.8 Å². The fourth-order valence-electron chi connectivity index (χ4n) is 2.67. The normalized spacial score (nSPS) is 22.2. The summed E-state index contributed by atoms with van der Waals surface area (Å²) in [6, 6.07) is 0. The van der Waals surface area contributed by atoms with Gasteiger partial charge in [-0.05, 0) is 32.1 Å². The maximum absolute atomic E-state index is 12.0. The molecule has 1 aliphatic heterocycles. The fraction of sp³-hybridized carbons (Fsp3) is 0.846. The Hall–Kier alpha value is -0.530. The Morgan fingerprint density at radius 3 is 2.15 bits per heavy atom. The monoisotopic (exact) mass is 315 g/mol. The number of nitrogens with zero attached hydrogens (tertiary/aromatic N) is 3. The van der Waals surface area contributed by atoms with Crippen molar-refractivity contribution in [2.45, 2.75) is 50.9 Å². The lowest BCUT2D eigenvalue weighted by atomic mass is 9.99. The van der Waals surface area contributed by atoms with E-state index in [9.17, 15) is 8.42 Å². The minimum atomic E-state index is -3.04. The van der Waals surface area contributed by atoms with Gasteiger partial charge in [0.25, 0.3) is 0 Å². The van der Waals surface area contributed by atoms with Crippen LogP contribution in [0.2, 0.25) is 0 Å². The van der Waals surface area contributed by atoms with Gasteiger partial charge in [-0.1, -0.05) is 6.92 Å². The molecule has 1 aromatic rings. The van der Waals surface area contributed by atoms with Gasteiger partial charge in [-0.15, -0.1) is 21.5 Å². The van der Waals surface area contributed by atoms with Crippen molar-refractivity contribution in [3.63, 3.8) is 0 Å². The third-order valence-corrected chi connectivity index (χ3v) is 7.37. The van der Waals surface area contributed by atoms with Crippen LogP contribution in [0.5, 0.6) is 0 Å². The number of hydrogen-bond donors (Lipinski definition) is 0. The van der Waals surface area contributed by atoms with E-state index in [-0.39, 0.29) is 5.75 Å². The Morgan fingerprint density at radius 1 is 1.10 bits per heavy atom. The Labute approximate surface area is 124 Å². The molecule has 7 heteroatoms. The van der Waals surface area contributed by atoms with Crippen LogP contribution in [0, 0.1) is 0 Å². The van der Waals surface area contributed by atoms with Crippen LogP contribution in [0.25, 0.3) is 0 Å². The van der Waals surface area contributed by atoms with Gasteiger partial charge in [-0.25, -0.2) is 12.7 Å². The van der Waals surface area contributed by atoms with Crippen LogP contribution in [0.3, 0.4) is 0 Å². The Kier molecular flexibility index (Phi) is 4.10. The topological polar surface area (TPSA) is 63.2 Å². The molecule has 0 N–H and O–H groups in total. The molecule has 20 heavy (non-hydrogen) atoms. The summed E-state index contributed by atoms with van der Waals surface area (Å²) in [5.74, 6) is 1.32. The Bertz CT molecular complexity index is 558. The molecule has 0 radical (unpaired) electrons. The molecule has 0 amide bonds. The zero-order valence-electron chi connectivity index (χ0n) is 11.8. The second-order valence-electron chi connectivity index (χ2n) is 5.74.